The van der Waals surface area contributed by atoms with Crippen LogP contribution in [0.4, 0.5) is 0 Å². The Balaban J connectivity index is 1.55. The van der Waals surface area contributed by atoms with E-state index in [4.69, 9.17) is 56.5 Å². The third-order valence-corrected chi connectivity index (χ3v) is 14.7. The van der Waals surface area contributed by atoms with E-state index < -0.39 is 92.9 Å². The Kier molecular flexibility index (Phi) is 9.81. The second kappa shape index (κ2) is 12.4. The second-order valence-electron chi connectivity index (χ2n) is 15.3. The van der Waals surface area contributed by atoms with E-state index in [1.807, 2.05) is 27.7 Å². The number of methoxy groups -OCH3 is 2. The summed E-state index contributed by atoms with van der Waals surface area (Å²) in [5, 5.41) is 3.67. The highest BCUT2D eigenvalue weighted by molar-refractivity contribution is 6.74. The molecule has 0 aromatic carbocycles. The molecule has 0 amide bonds. The SMILES string of the molecule is CO[C@@]1(C)O[C@@H]2[C@H](O[Si](C)(C)C(C)(C)C)[C@@H](O[C@@H]3[C@H]4OC(C)(C)O[C@H]4O[C@@H]3[C@H]3COC(C)(C)O3)O[C@H](CN=[N+]=[N-])[C@H]2O[C@]1(C)OC. The molecule has 5 aliphatic heterocycles. The standard InChI is InChI=1S/C30H53N3O12Si/c1-26(2,3)46(12,13)45-23-21-19(42-29(8,34-10)30(9,35-11)43-21)16(14-32-33-31)37-24(23)39-20-18(17-15-36-27(4,5)40-17)38-25-22(20)41-28(6,7)44-25/h16-25H,14-15H2,1-13H3/t16-,17-,18-,19-,20+,21+,22-,23+,24-,25-,29+,30+/m1/s1. The van der Waals surface area contributed by atoms with Crippen LogP contribution in [0.15, 0.2) is 5.11 Å². The lowest BCUT2D eigenvalue weighted by atomic mass is 9.93. The normalized spacial score (nSPS) is 45.2. The first kappa shape index (κ1) is 36.3. The van der Waals surface area contributed by atoms with Gasteiger partial charge in [-0.25, -0.2) is 0 Å². The molecule has 0 unspecified atom stereocenters. The van der Waals surface area contributed by atoms with Crippen molar-refractivity contribution in [3.63, 3.8) is 0 Å². The fourth-order valence-corrected chi connectivity index (χ4v) is 7.64. The average Bonchev–Trinajstić information content (AvgIpc) is 3.57. The van der Waals surface area contributed by atoms with E-state index in [1.165, 1.54) is 14.2 Å². The summed E-state index contributed by atoms with van der Waals surface area (Å²) in [5.74, 6) is -4.38. The van der Waals surface area contributed by atoms with Crippen LogP contribution in [0.2, 0.25) is 18.1 Å². The van der Waals surface area contributed by atoms with Gasteiger partial charge in [0.25, 0.3) is 0 Å². The van der Waals surface area contributed by atoms with Crippen molar-refractivity contribution >= 4 is 8.32 Å². The van der Waals surface area contributed by atoms with Crippen molar-refractivity contribution in [2.45, 2.75) is 165 Å². The van der Waals surface area contributed by atoms with Crippen molar-refractivity contribution in [2.24, 2.45) is 5.11 Å². The Labute approximate surface area is 272 Å². The van der Waals surface area contributed by atoms with Crippen molar-refractivity contribution < 1.29 is 56.5 Å². The molecule has 0 saturated carbocycles. The molecule has 5 rings (SSSR count). The van der Waals surface area contributed by atoms with Gasteiger partial charge in [-0.3, -0.25) is 0 Å². The predicted molar refractivity (Wildman–Crippen MR) is 164 cm³/mol. The molecule has 5 aliphatic rings. The van der Waals surface area contributed by atoms with Crippen LogP contribution in [0, 0.1) is 0 Å². The molecular weight excluding hydrogens is 622 g/mol. The van der Waals surface area contributed by atoms with E-state index >= 15 is 0 Å². The number of fused-ring (bicyclic) bond motifs is 2. The zero-order chi connectivity index (χ0) is 34.1. The summed E-state index contributed by atoms with van der Waals surface area (Å²) in [6.07, 6.45) is -7.31. The molecule has 12 atom stereocenters. The summed E-state index contributed by atoms with van der Waals surface area (Å²) in [6, 6.07) is 0. The van der Waals surface area contributed by atoms with E-state index in [2.05, 4.69) is 43.9 Å². The van der Waals surface area contributed by atoms with Crippen molar-refractivity contribution in [3.8, 4) is 0 Å². The van der Waals surface area contributed by atoms with E-state index in [9.17, 15) is 5.53 Å². The Morgan fingerprint density at radius 1 is 0.804 bits per heavy atom. The number of ether oxygens (including phenoxy) is 11. The minimum Gasteiger partial charge on any atom is -0.406 e. The highest BCUT2D eigenvalue weighted by Crippen LogP contribution is 2.49. The van der Waals surface area contributed by atoms with Crippen LogP contribution in [-0.4, -0.2) is 120 Å². The zero-order valence-corrected chi connectivity index (χ0v) is 30.4. The third kappa shape index (κ3) is 6.64. The smallest absolute Gasteiger partial charge is 0.220 e. The molecule has 5 saturated heterocycles. The Hall–Kier alpha value is -0.953. The van der Waals surface area contributed by atoms with Crippen molar-refractivity contribution in [3.05, 3.63) is 10.4 Å². The lowest BCUT2D eigenvalue weighted by Gasteiger charge is -2.58. The van der Waals surface area contributed by atoms with Crippen LogP contribution in [-0.2, 0) is 56.5 Å². The number of rotatable bonds is 9. The van der Waals surface area contributed by atoms with Crippen molar-refractivity contribution in [2.75, 3.05) is 27.4 Å². The molecule has 46 heavy (non-hydrogen) atoms. The Morgan fingerprint density at radius 2 is 1.43 bits per heavy atom. The quantitative estimate of drug-likeness (QED) is 0.148. The van der Waals surface area contributed by atoms with Crippen molar-refractivity contribution in [1.29, 1.82) is 0 Å². The van der Waals surface area contributed by atoms with Crippen LogP contribution in [0.25, 0.3) is 10.4 Å². The molecule has 0 aromatic heterocycles. The predicted octanol–water partition coefficient (Wildman–Crippen LogP) is 4.33. The van der Waals surface area contributed by atoms with Gasteiger partial charge in [-0.15, -0.1) is 0 Å². The molecule has 16 heteroatoms. The minimum absolute atomic E-state index is 0.0613. The van der Waals surface area contributed by atoms with E-state index in [1.54, 1.807) is 13.8 Å². The molecule has 0 N–H and O–H groups in total. The maximum atomic E-state index is 9.27. The largest absolute Gasteiger partial charge is 0.406 e. The second-order valence-corrected chi connectivity index (χ2v) is 20.1. The average molecular weight is 676 g/mol. The van der Waals surface area contributed by atoms with Crippen LogP contribution in [0.3, 0.4) is 0 Å². The molecule has 0 radical (unpaired) electrons. The minimum atomic E-state index is -2.51. The summed E-state index contributed by atoms with van der Waals surface area (Å²) in [5.41, 5.74) is 9.27. The third-order valence-electron chi connectivity index (χ3n) is 10.2. The zero-order valence-electron chi connectivity index (χ0n) is 29.4. The summed E-state index contributed by atoms with van der Waals surface area (Å²) in [6.45, 7) is 21.8. The summed E-state index contributed by atoms with van der Waals surface area (Å²) in [7, 11) is 0.536. The molecule has 0 bridgehead atoms. The number of azide groups is 1. The van der Waals surface area contributed by atoms with Crippen LogP contribution >= 0.6 is 0 Å². The molecule has 5 fully saturated rings. The van der Waals surface area contributed by atoms with Gasteiger partial charge in [0.1, 0.15) is 42.7 Å². The highest BCUT2D eigenvalue weighted by Gasteiger charge is 2.65. The van der Waals surface area contributed by atoms with Crippen LogP contribution in [0.5, 0.6) is 0 Å². The molecule has 0 aromatic rings. The van der Waals surface area contributed by atoms with Gasteiger partial charge in [-0.05, 0) is 65.2 Å². The van der Waals surface area contributed by atoms with E-state index in [0.717, 1.165) is 0 Å². The number of hydrogen-bond acceptors (Lipinski definition) is 13. The fourth-order valence-electron chi connectivity index (χ4n) is 6.36. The topological polar surface area (TPSA) is 160 Å². The molecule has 264 valence electrons. The van der Waals surface area contributed by atoms with E-state index in [0.29, 0.717) is 6.61 Å². The van der Waals surface area contributed by atoms with Gasteiger partial charge in [0.15, 0.2) is 32.5 Å². The van der Waals surface area contributed by atoms with Crippen LogP contribution < -0.4 is 0 Å². The van der Waals surface area contributed by atoms with Gasteiger partial charge in [0.05, 0.1) is 19.3 Å². The van der Waals surface area contributed by atoms with Gasteiger partial charge in [-0.2, -0.15) is 0 Å². The Morgan fingerprint density at radius 3 is 1.98 bits per heavy atom. The maximum absolute atomic E-state index is 9.27. The molecule has 15 nitrogen and oxygen atoms in total. The summed E-state index contributed by atoms with van der Waals surface area (Å²) < 4.78 is 76.7. The maximum Gasteiger partial charge on any atom is 0.220 e. The van der Waals surface area contributed by atoms with Gasteiger partial charge < -0.3 is 56.5 Å². The molecule has 0 spiro atoms. The number of hydrogen-bond donors (Lipinski definition) is 0. The molecular formula is C30H53N3O12Si. The monoisotopic (exact) mass is 675 g/mol. The highest BCUT2D eigenvalue weighted by atomic mass is 28.4. The summed E-state index contributed by atoms with van der Waals surface area (Å²) >= 11 is 0. The van der Waals surface area contributed by atoms with E-state index in [-0.39, 0.29) is 11.6 Å². The molecule has 5 heterocycles. The van der Waals surface area contributed by atoms with Gasteiger partial charge >= 0.3 is 0 Å². The Bertz CT molecular complexity index is 1160. The van der Waals surface area contributed by atoms with Crippen LogP contribution in [0.1, 0.15) is 62.3 Å². The van der Waals surface area contributed by atoms with Gasteiger partial charge in [0, 0.05) is 19.1 Å². The summed E-state index contributed by atoms with van der Waals surface area (Å²) in [4.78, 5) is 2.99. The van der Waals surface area contributed by atoms with Crippen molar-refractivity contribution in [1.82, 2.24) is 0 Å². The first-order valence-electron chi connectivity index (χ1n) is 16.0. The first-order chi connectivity index (χ1) is 21.2. The fraction of sp³-hybridized carbons (Fsp3) is 1.00. The van der Waals surface area contributed by atoms with Gasteiger partial charge in [-0.1, -0.05) is 25.9 Å². The van der Waals surface area contributed by atoms with Gasteiger partial charge in [0.2, 0.25) is 11.6 Å². The lowest BCUT2D eigenvalue weighted by Crippen LogP contribution is -2.74. The first-order valence-corrected chi connectivity index (χ1v) is 18.9. The molecule has 0 aliphatic carbocycles. The number of nitrogens with zero attached hydrogens (tertiary/aromatic N) is 3. The lowest BCUT2D eigenvalue weighted by molar-refractivity contribution is -0.478.